The molecule has 0 amide bonds. The van der Waals surface area contributed by atoms with E-state index in [-0.39, 0.29) is 12.1 Å². The molecule has 0 bridgehead atoms. The van der Waals surface area contributed by atoms with Crippen LogP contribution in [-0.2, 0) is 0 Å². The van der Waals surface area contributed by atoms with Gasteiger partial charge in [-0.25, -0.2) is 0 Å². The van der Waals surface area contributed by atoms with Gasteiger partial charge in [-0.2, -0.15) is 0 Å². The van der Waals surface area contributed by atoms with Crippen molar-refractivity contribution >= 4 is 34.9 Å². The maximum Gasteiger partial charge on any atom is 0.100 e. The lowest BCUT2D eigenvalue weighted by Crippen LogP contribution is -2.36. The third-order valence-corrected chi connectivity index (χ3v) is 10.6. The molecule has 0 aliphatic carbocycles. The van der Waals surface area contributed by atoms with E-state index in [1.54, 1.807) is 0 Å². The van der Waals surface area contributed by atoms with E-state index in [2.05, 4.69) is 189 Å². The number of benzene rings is 5. The molecular weight excluding hydrogens is 585 g/mol. The summed E-state index contributed by atoms with van der Waals surface area (Å²) in [4.78, 5) is 5.09. The third-order valence-electron chi connectivity index (χ3n) is 10.6. The van der Waals surface area contributed by atoms with Crippen LogP contribution in [0, 0.1) is 0 Å². The molecule has 0 saturated heterocycles. The third kappa shape index (κ3) is 3.44. The Morgan fingerprint density at radius 2 is 0.750 bits per heavy atom. The lowest BCUT2D eigenvalue weighted by molar-refractivity contribution is 0.727. The van der Waals surface area contributed by atoms with E-state index in [9.17, 15) is 0 Å². The normalized spacial score (nSPS) is 17.8. The lowest BCUT2D eigenvalue weighted by atomic mass is 9.86. The minimum atomic E-state index is 0.0881. The number of hydrogen-bond acceptors (Lipinski definition) is 2. The summed E-state index contributed by atoms with van der Waals surface area (Å²) in [5.41, 5.74) is 17.5. The van der Waals surface area contributed by atoms with Gasteiger partial charge in [0.1, 0.15) is 12.1 Å². The van der Waals surface area contributed by atoms with Crippen LogP contribution in [-0.4, -0.2) is 9.13 Å². The molecule has 226 valence electrons. The smallest absolute Gasteiger partial charge is 0.100 e. The molecule has 4 heteroatoms. The fourth-order valence-electron chi connectivity index (χ4n) is 8.57. The molecule has 2 aromatic heterocycles. The summed E-state index contributed by atoms with van der Waals surface area (Å²) < 4.78 is 4.71. The van der Waals surface area contributed by atoms with Crippen molar-refractivity contribution < 1.29 is 0 Å². The van der Waals surface area contributed by atoms with Crippen LogP contribution >= 0.6 is 0 Å². The molecule has 0 spiro atoms. The minimum Gasteiger partial charge on any atom is -0.326 e. The van der Waals surface area contributed by atoms with Crippen molar-refractivity contribution in [1.82, 2.24) is 9.13 Å². The number of hydrogen-bond donors (Lipinski definition) is 0. The van der Waals surface area contributed by atoms with Crippen LogP contribution in [0.5, 0.6) is 0 Å². The van der Waals surface area contributed by atoms with E-state index in [1.807, 2.05) is 0 Å². The summed E-state index contributed by atoms with van der Waals surface area (Å²) in [5.74, 6) is 0. The molecule has 0 radical (unpaired) electrons. The van der Waals surface area contributed by atoms with Crippen molar-refractivity contribution in [3.63, 3.8) is 0 Å². The van der Waals surface area contributed by atoms with Crippen LogP contribution in [0.1, 0.15) is 56.9 Å². The summed E-state index contributed by atoms with van der Waals surface area (Å²) >= 11 is 0. The molecular formula is C44H30N4. The zero-order valence-electron chi connectivity index (χ0n) is 26.1. The highest BCUT2D eigenvalue weighted by Gasteiger charge is 2.39. The first-order valence-corrected chi connectivity index (χ1v) is 16.7. The Balaban J connectivity index is 1.07. The molecule has 7 aromatic rings. The van der Waals surface area contributed by atoms with Gasteiger partial charge in [-0.1, -0.05) is 97.1 Å². The predicted molar refractivity (Wildman–Crippen MR) is 195 cm³/mol. The number of anilines is 2. The van der Waals surface area contributed by atoms with E-state index in [4.69, 9.17) is 0 Å². The van der Waals surface area contributed by atoms with E-state index in [0.717, 1.165) is 0 Å². The Hall–Kier alpha value is -6.26. The van der Waals surface area contributed by atoms with Gasteiger partial charge in [0.25, 0.3) is 0 Å². The van der Waals surface area contributed by atoms with Gasteiger partial charge in [0, 0.05) is 12.4 Å². The molecule has 0 N–H and O–H groups in total. The molecule has 0 fully saturated rings. The number of nitrogens with zero attached hydrogens (tertiary/aromatic N) is 4. The van der Waals surface area contributed by atoms with Crippen LogP contribution in [0.4, 0.5) is 11.4 Å². The van der Waals surface area contributed by atoms with Gasteiger partial charge >= 0.3 is 0 Å². The molecule has 11 rings (SSSR count). The van der Waals surface area contributed by atoms with Crippen molar-refractivity contribution in [3.8, 4) is 11.4 Å². The average molecular weight is 615 g/mol. The minimum absolute atomic E-state index is 0.0881. The second-order valence-corrected chi connectivity index (χ2v) is 13.0. The highest BCUT2D eigenvalue weighted by Crippen LogP contribution is 2.52. The van der Waals surface area contributed by atoms with Crippen LogP contribution in [0.25, 0.3) is 34.9 Å². The number of aromatic nitrogens is 2. The van der Waals surface area contributed by atoms with Crippen molar-refractivity contribution in [2.45, 2.75) is 12.1 Å². The Labute approximate surface area is 279 Å². The largest absolute Gasteiger partial charge is 0.326 e. The van der Waals surface area contributed by atoms with Gasteiger partial charge in [0.05, 0.1) is 45.5 Å². The lowest BCUT2D eigenvalue weighted by Gasteiger charge is -2.44. The molecule has 4 nitrogen and oxygen atoms in total. The van der Waals surface area contributed by atoms with Crippen molar-refractivity contribution in [2.75, 3.05) is 9.80 Å². The Kier molecular flexibility index (Phi) is 5.19. The van der Waals surface area contributed by atoms with E-state index in [0.29, 0.717) is 0 Å². The maximum absolute atomic E-state index is 2.54. The fraction of sp³-hybridized carbons (Fsp3) is 0.0455. The second-order valence-electron chi connectivity index (χ2n) is 13.0. The first-order chi connectivity index (χ1) is 23.8. The summed E-state index contributed by atoms with van der Waals surface area (Å²) in [6.45, 7) is 0. The van der Waals surface area contributed by atoms with Gasteiger partial charge in [-0.05, 0) is 94.1 Å². The van der Waals surface area contributed by atoms with Crippen LogP contribution in [0.3, 0.4) is 0 Å². The molecule has 2 unspecified atom stereocenters. The number of rotatable bonds is 2. The van der Waals surface area contributed by atoms with E-state index < -0.39 is 0 Å². The predicted octanol–water partition coefficient (Wildman–Crippen LogP) is 10.1. The zero-order valence-corrected chi connectivity index (χ0v) is 26.1. The fourth-order valence-corrected chi connectivity index (χ4v) is 8.57. The van der Waals surface area contributed by atoms with Gasteiger partial charge in [0.15, 0.2) is 0 Å². The number of fused-ring (bicyclic) bond motifs is 16. The summed E-state index contributed by atoms with van der Waals surface area (Å²) in [6.07, 6.45) is 9.13. The molecule has 4 aliphatic heterocycles. The van der Waals surface area contributed by atoms with Gasteiger partial charge in [-0.15, -0.1) is 0 Å². The second kappa shape index (κ2) is 9.63. The van der Waals surface area contributed by atoms with Crippen molar-refractivity contribution in [3.05, 3.63) is 203 Å². The average Bonchev–Trinajstić information content (AvgIpc) is 3.85. The Bertz CT molecular complexity index is 2320. The zero-order chi connectivity index (χ0) is 31.3. The molecule has 0 saturated carbocycles. The van der Waals surface area contributed by atoms with E-state index in [1.165, 1.54) is 78.9 Å². The quantitative estimate of drug-likeness (QED) is 0.193. The standard InChI is InChI=1S/C44H30N4/c1-3-13-33-31(11-1)27-41(47-37-17-7-5-15-35(37)45-25-9-19-39(45)43(33)47)29-21-23-30(24-22-29)42-28-32-12-2-4-14-34(32)44-40-20-10-26-46(40)36-16-6-8-18-38(36)48(42)44/h1-28,43-44H. The highest BCUT2D eigenvalue weighted by atomic mass is 15.3. The van der Waals surface area contributed by atoms with Gasteiger partial charge in [0.2, 0.25) is 0 Å². The van der Waals surface area contributed by atoms with Crippen molar-refractivity contribution in [1.29, 1.82) is 0 Å². The SMILES string of the molecule is C1=C(c2ccc(C3=Cc4ccccc4C4c5cccn5-c5ccccc5N34)cc2)N2c3ccccc3-n3cccc3C2c2ccccc21. The first kappa shape index (κ1) is 25.9. The molecule has 2 atom stereocenters. The van der Waals surface area contributed by atoms with Gasteiger partial charge in [-0.3, -0.25) is 0 Å². The summed E-state index contributed by atoms with van der Waals surface area (Å²) in [6, 6.07) is 53.6. The maximum atomic E-state index is 2.54. The Morgan fingerprint density at radius 3 is 1.21 bits per heavy atom. The Morgan fingerprint density at radius 1 is 0.354 bits per heavy atom. The molecule has 4 aliphatic rings. The highest BCUT2D eigenvalue weighted by molar-refractivity contribution is 5.99. The number of para-hydroxylation sites is 4. The topological polar surface area (TPSA) is 16.3 Å². The molecule has 48 heavy (non-hydrogen) atoms. The van der Waals surface area contributed by atoms with Crippen LogP contribution < -0.4 is 9.80 Å². The van der Waals surface area contributed by atoms with Gasteiger partial charge < -0.3 is 18.9 Å². The monoisotopic (exact) mass is 614 g/mol. The summed E-state index contributed by atoms with van der Waals surface area (Å²) in [5, 5.41) is 0. The molecule has 6 heterocycles. The van der Waals surface area contributed by atoms with Crippen LogP contribution in [0.15, 0.2) is 158 Å². The molecule has 5 aromatic carbocycles. The summed E-state index contributed by atoms with van der Waals surface area (Å²) in [7, 11) is 0. The van der Waals surface area contributed by atoms with Crippen LogP contribution in [0.2, 0.25) is 0 Å². The first-order valence-electron chi connectivity index (χ1n) is 16.7. The van der Waals surface area contributed by atoms with Crippen molar-refractivity contribution in [2.24, 2.45) is 0 Å². The van der Waals surface area contributed by atoms with E-state index >= 15 is 0 Å².